The first kappa shape index (κ1) is 10.8. The zero-order valence-electron chi connectivity index (χ0n) is 9.09. The molecule has 1 fully saturated rings. The van der Waals surface area contributed by atoms with Gasteiger partial charge in [0.25, 0.3) is 0 Å². The van der Waals surface area contributed by atoms with Crippen LogP contribution in [0.25, 0.3) is 0 Å². The van der Waals surface area contributed by atoms with Crippen molar-refractivity contribution in [1.82, 2.24) is 0 Å². The molecule has 1 rings (SSSR count). The van der Waals surface area contributed by atoms with Crippen LogP contribution < -0.4 is 0 Å². The molecule has 0 saturated heterocycles. The Morgan fingerprint density at radius 3 is 2.62 bits per heavy atom. The molecule has 1 aliphatic rings. The molecule has 4 unspecified atom stereocenters. The third kappa shape index (κ3) is 1.96. The molecule has 0 heterocycles. The number of hydrogen-bond acceptors (Lipinski definition) is 1. The van der Waals surface area contributed by atoms with E-state index in [1.54, 1.807) is 0 Å². The molecule has 0 spiro atoms. The topological polar surface area (TPSA) is 20.2 Å². The fraction of sp³-hybridized carbons (Fsp3) is 0.833. The quantitative estimate of drug-likeness (QED) is 0.651. The number of rotatable bonds is 2. The van der Waals surface area contributed by atoms with E-state index in [1.165, 1.54) is 12.8 Å². The Bertz CT molecular complexity index is 188. The Labute approximate surface area is 81.9 Å². The van der Waals surface area contributed by atoms with Gasteiger partial charge in [0.05, 0.1) is 0 Å². The summed E-state index contributed by atoms with van der Waals surface area (Å²) in [5.74, 6) is 1.79. The normalized spacial score (nSPS) is 46.0. The fourth-order valence-electron chi connectivity index (χ4n) is 3.06. The molecule has 1 heteroatoms. The van der Waals surface area contributed by atoms with Gasteiger partial charge in [-0.2, -0.15) is 0 Å². The first-order valence-electron chi connectivity index (χ1n) is 5.28. The lowest BCUT2D eigenvalue weighted by molar-refractivity contribution is 0.0289. The minimum absolute atomic E-state index is 0.145. The van der Waals surface area contributed by atoms with Gasteiger partial charge in [-0.15, -0.1) is 6.58 Å². The van der Waals surface area contributed by atoms with E-state index in [2.05, 4.69) is 27.4 Å². The Morgan fingerprint density at radius 1 is 1.54 bits per heavy atom. The average molecular weight is 182 g/mol. The van der Waals surface area contributed by atoms with Gasteiger partial charge < -0.3 is 5.11 Å². The summed E-state index contributed by atoms with van der Waals surface area (Å²) in [6.07, 6.45) is 4.46. The lowest BCUT2D eigenvalue weighted by Gasteiger charge is -2.45. The van der Waals surface area contributed by atoms with Crippen molar-refractivity contribution >= 4 is 0 Å². The molecule has 0 amide bonds. The molecular weight excluding hydrogens is 160 g/mol. The van der Waals surface area contributed by atoms with Crippen molar-refractivity contribution in [3.05, 3.63) is 12.7 Å². The van der Waals surface area contributed by atoms with Gasteiger partial charge in [-0.25, -0.2) is 0 Å². The Morgan fingerprint density at radius 2 is 2.15 bits per heavy atom. The van der Waals surface area contributed by atoms with Gasteiger partial charge in [-0.3, -0.25) is 0 Å². The molecule has 76 valence electrons. The molecule has 0 aliphatic heterocycles. The summed E-state index contributed by atoms with van der Waals surface area (Å²) in [7, 11) is 0. The molecule has 1 nitrogen and oxygen atoms in total. The first-order chi connectivity index (χ1) is 6.03. The average Bonchev–Trinajstić information content (AvgIpc) is 2.03. The summed E-state index contributed by atoms with van der Waals surface area (Å²) in [6.45, 7) is 11.0. The second-order valence-electron chi connectivity index (χ2n) is 5.02. The monoisotopic (exact) mass is 182 g/mol. The molecule has 1 saturated carbocycles. The molecular formula is C12H22O. The Kier molecular flexibility index (Phi) is 3.18. The molecule has 13 heavy (non-hydrogen) atoms. The summed E-state index contributed by atoms with van der Waals surface area (Å²) in [6, 6.07) is 0. The molecule has 0 bridgehead atoms. The summed E-state index contributed by atoms with van der Waals surface area (Å²) in [5.41, 5.74) is 0.145. The van der Waals surface area contributed by atoms with Gasteiger partial charge in [0.15, 0.2) is 0 Å². The Balaban J connectivity index is 2.83. The van der Waals surface area contributed by atoms with Crippen molar-refractivity contribution in [2.24, 2.45) is 23.2 Å². The summed E-state index contributed by atoms with van der Waals surface area (Å²) < 4.78 is 0. The highest BCUT2D eigenvalue weighted by atomic mass is 16.3. The van der Waals surface area contributed by atoms with Crippen molar-refractivity contribution in [2.45, 2.75) is 33.6 Å². The van der Waals surface area contributed by atoms with E-state index in [9.17, 15) is 5.11 Å². The standard InChI is InChI=1S/C12H22O/c1-5-12(4)7-9(2)6-10(3)11(12)8-13/h5,9-11,13H,1,6-8H2,2-4H3. The van der Waals surface area contributed by atoms with Gasteiger partial charge in [0, 0.05) is 6.61 Å². The van der Waals surface area contributed by atoms with Crippen LogP contribution in [0.5, 0.6) is 0 Å². The molecule has 4 atom stereocenters. The highest BCUT2D eigenvalue weighted by Crippen LogP contribution is 2.46. The van der Waals surface area contributed by atoms with E-state index in [4.69, 9.17) is 0 Å². The lowest BCUT2D eigenvalue weighted by Crippen LogP contribution is -2.39. The smallest absolute Gasteiger partial charge is 0.0470 e. The van der Waals surface area contributed by atoms with Crippen LogP contribution >= 0.6 is 0 Å². The van der Waals surface area contributed by atoms with Crippen LogP contribution in [0.4, 0.5) is 0 Å². The van der Waals surface area contributed by atoms with Crippen molar-refractivity contribution in [3.8, 4) is 0 Å². The number of aliphatic hydroxyl groups excluding tert-OH is 1. The van der Waals surface area contributed by atoms with E-state index in [1.807, 2.05) is 6.08 Å². The van der Waals surface area contributed by atoms with Gasteiger partial charge in [0.1, 0.15) is 0 Å². The maximum Gasteiger partial charge on any atom is 0.0470 e. The van der Waals surface area contributed by atoms with Crippen LogP contribution in [0.15, 0.2) is 12.7 Å². The van der Waals surface area contributed by atoms with Crippen molar-refractivity contribution in [1.29, 1.82) is 0 Å². The van der Waals surface area contributed by atoms with Crippen LogP contribution in [0.3, 0.4) is 0 Å². The second-order valence-corrected chi connectivity index (χ2v) is 5.02. The van der Waals surface area contributed by atoms with Crippen LogP contribution in [0.2, 0.25) is 0 Å². The van der Waals surface area contributed by atoms with Crippen LogP contribution in [-0.4, -0.2) is 11.7 Å². The van der Waals surface area contributed by atoms with E-state index in [-0.39, 0.29) is 5.41 Å². The molecule has 0 aromatic rings. The van der Waals surface area contributed by atoms with E-state index in [0.717, 1.165) is 5.92 Å². The van der Waals surface area contributed by atoms with Gasteiger partial charge >= 0.3 is 0 Å². The van der Waals surface area contributed by atoms with Crippen LogP contribution in [-0.2, 0) is 0 Å². The summed E-state index contributed by atoms with van der Waals surface area (Å²) in [4.78, 5) is 0. The number of allylic oxidation sites excluding steroid dienone is 1. The van der Waals surface area contributed by atoms with Gasteiger partial charge in [-0.1, -0.05) is 26.8 Å². The molecule has 0 aromatic heterocycles. The molecule has 0 aromatic carbocycles. The van der Waals surface area contributed by atoms with E-state index in [0.29, 0.717) is 18.4 Å². The van der Waals surface area contributed by atoms with Gasteiger partial charge in [0.2, 0.25) is 0 Å². The van der Waals surface area contributed by atoms with Crippen LogP contribution in [0.1, 0.15) is 33.6 Å². The minimum atomic E-state index is 0.145. The lowest BCUT2D eigenvalue weighted by atomic mass is 9.60. The molecule has 1 N–H and O–H groups in total. The van der Waals surface area contributed by atoms with Crippen LogP contribution in [0, 0.1) is 23.2 Å². The first-order valence-corrected chi connectivity index (χ1v) is 5.28. The van der Waals surface area contributed by atoms with E-state index < -0.39 is 0 Å². The summed E-state index contributed by atoms with van der Waals surface area (Å²) >= 11 is 0. The number of aliphatic hydroxyl groups is 1. The third-order valence-electron chi connectivity index (χ3n) is 3.76. The zero-order chi connectivity index (χ0) is 10.1. The second kappa shape index (κ2) is 3.83. The highest BCUT2D eigenvalue weighted by Gasteiger charge is 2.40. The number of hydrogen-bond donors (Lipinski definition) is 1. The maximum atomic E-state index is 9.37. The van der Waals surface area contributed by atoms with Crippen molar-refractivity contribution in [3.63, 3.8) is 0 Å². The Hall–Kier alpha value is -0.300. The molecule has 0 radical (unpaired) electrons. The van der Waals surface area contributed by atoms with E-state index >= 15 is 0 Å². The fourth-order valence-corrected chi connectivity index (χ4v) is 3.06. The summed E-state index contributed by atoms with van der Waals surface area (Å²) in [5, 5.41) is 9.37. The highest BCUT2D eigenvalue weighted by molar-refractivity contribution is 5.01. The minimum Gasteiger partial charge on any atom is -0.396 e. The van der Waals surface area contributed by atoms with Crippen molar-refractivity contribution < 1.29 is 5.11 Å². The molecule has 1 aliphatic carbocycles. The largest absolute Gasteiger partial charge is 0.396 e. The zero-order valence-corrected chi connectivity index (χ0v) is 9.09. The third-order valence-corrected chi connectivity index (χ3v) is 3.76. The van der Waals surface area contributed by atoms with Gasteiger partial charge in [-0.05, 0) is 36.0 Å². The maximum absolute atomic E-state index is 9.37. The SMILES string of the molecule is C=CC1(C)CC(C)CC(C)C1CO. The predicted molar refractivity (Wildman–Crippen MR) is 56.4 cm³/mol. The van der Waals surface area contributed by atoms with Crippen molar-refractivity contribution in [2.75, 3.05) is 6.61 Å². The predicted octanol–water partition coefficient (Wildman–Crippen LogP) is 2.85.